The lowest BCUT2D eigenvalue weighted by Gasteiger charge is -2.44. The van der Waals surface area contributed by atoms with Gasteiger partial charge in [-0.1, -0.05) is 288 Å². The molecule has 0 atom stereocenters. The van der Waals surface area contributed by atoms with Crippen LogP contribution in [0.4, 0.5) is 34.1 Å². The Bertz CT molecular complexity index is 6240. The van der Waals surface area contributed by atoms with Crippen LogP contribution < -0.4 is 26.2 Å². The maximum absolute atomic E-state index is 2.65. The van der Waals surface area contributed by atoms with E-state index in [4.69, 9.17) is 0 Å². The monoisotopic (exact) mass is 1440 g/mol. The highest BCUT2D eigenvalue weighted by molar-refractivity contribution is 7.00. The Morgan fingerprint density at radius 1 is 0.252 bits per heavy atom. The van der Waals surface area contributed by atoms with Crippen LogP contribution in [0.5, 0.6) is 0 Å². The lowest BCUT2D eigenvalue weighted by molar-refractivity contribution is 0.332. The van der Waals surface area contributed by atoms with Crippen LogP contribution in [0.2, 0.25) is 0 Å². The first-order valence-electron chi connectivity index (χ1n) is 40.7. The molecule has 111 heavy (non-hydrogen) atoms. The van der Waals surface area contributed by atoms with E-state index in [-0.39, 0.29) is 44.6 Å². The molecule has 19 rings (SSSR count). The first-order valence-corrected chi connectivity index (χ1v) is 40.7. The molecule has 0 saturated carbocycles. The number of benzene rings is 13. The molecule has 0 unspecified atom stereocenters. The van der Waals surface area contributed by atoms with E-state index in [2.05, 4.69) is 404 Å². The molecule has 4 aliphatic rings. The largest absolute Gasteiger partial charge is 0.311 e. The van der Waals surface area contributed by atoms with E-state index in [0.717, 1.165) is 57.3 Å². The smallest absolute Gasteiger partial charge is 0.252 e. The SMILES string of the molecule is CC(C)(C)c1ccc(-c2ccc3c(c2)N(c2ccc(-c4ccc5c(c4)C(C)(C)CCC5(C)C)cc2)c2cc(-n4c5ccccc5c5cc(-c6ccccc6)ccc54)cc4c2B3c2ccc(-n3c5ccc(C(C)(C)C)cc5c5cc(C(C)(C)C)ccc53)cc2N4c2ccc(-c3ccc4c(c3)C(C)(C)CCC4(C)C)cc2)cc1. The number of hydrogen-bond donors (Lipinski definition) is 0. The van der Waals surface area contributed by atoms with Gasteiger partial charge in [0.25, 0.3) is 6.71 Å². The van der Waals surface area contributed by atoms with Crippen LogP contribution in [0.1, 0.15) is 182 Å². The fraction of sp³-hybridized carbons (Fsp3) is 0.264. The summed E-state index contributed by atoms with van der Waals surface area (Å²) in [5.41, 5.74) is 37.5. The van der Waals surface area contributed by atoms with Crippen molar-refractivity contribution in [3.05, 3.63) is 306 Å². The summed E-state index contributed by atoms with van der Waals surface area (Å²) in [5, 5.41) is 4.99. The summed E-state index contributed by atoms with van der Waals surface area (Å²) in [6.45, 7) is 40.3. The van der Waals surface area contributed by atoms with Crippen LogP contribution in [0, 0.1) is 0 Å². The highest BCUT2D eigenvalue weighted by Gasteiger charge is 2.46. The zero-order chi connectivity index (χ0) is 77.0. The van der Waals surface area contributed by atoms with Gasteiger partial charge in [-0.05, 0) is 260 Å². The van der Waals surface area contributed by atoms with Crippen molar-refractivity contribution in [2.45, 2.75) is 181 Å². The fourth-order valence-electron chi connectivity index (χ4n) is 19.6. The Morgan fingerprint density at radius 2 is 0.595 bits per heavy atom. The zero-order valence-electron chi connectivity index (χ0n) is 68.1. The van der Waals surface area contributed by atoms with Gasteiger partial charge in [0, 0.05) is 61.4 Å². The predicted molar refractivity (Wildman–Crippen MR) is 478 cm³/mol. The highest BCUT2D eigenvalue weighted by Crippen LogP contribution is 2.53. The quantitative estimate of drug-likeness (QED) is 0.141. The minimum atomic E-state index is -0.175. The van der Waals surface area contributed by atoms with Gasteiger partial charge in [-0.15, -0.1) is 0 Å². The minimum absolute atomic E-state index is 0.0106. The van der Waals surface area contributed by atoms with Gasteiger partial charge >= 0.3 is 0 Å². The number of nitrogens with zero attached hydrogens (tertiary/aromatic N) is 4. The molecule has 0 bridgehead atoms. The molecule has 0 spiro atoms. The van der Waals surface area contributed by atoms with Crippen molar-refractivity contribution in [3.8, 4) is 55.9 Å². The summed E-state index contributed by atoms with van der Waals surface area (Å²) in [7, 11) is 0. The van der Waals surface area contributed by atoms with E-state index >= 15 is 0 Å². The van der Waals surface area contributed by atoms with Crippen molar-refractivity contribution in [1.29, 1.82) is 0 Å². The minimum Gasteiger partial charge on any atom is -0.311 e. The normalized spacial score (nSPS) is 16.1. The van der Waals surface area contributed by atoms with Crippen LogP contribution in [0.25, 0.3) is 99.5 Å². The number of fused-ring (bicyclic) bond motifs is 12. The molecule has 4 nitrogen and oxygen atoms in total. The highest BCUT2D eigenvalue weighted by atomic mass is 15.2. The summed E-state index contributed by atoms with van der Waals surface area (Å²) < 4.78 is 5.13. The summed E-state index contributed by atoms with van der Waals surface area (Å²) in [5.74, 6) is 0. The summed E-state index contributed by atoms with van der Waals surface area (Å²) in [6, 6.07) is 105. The molecule has 0 saturated heterocycles. The second-order valence-electron chi connectivity index (χ2n) is 38.7. The molecular weight excluding hydrogens is 1340 g/mol. The fourth-order valence-corrected chi connectivity index (χ4v) is 19.6. The second kappa shape index (κ2) is 24.8. The first kappa shape index (κ1) is 70.5. The van der Waals surface area contributed by atoms with E-state index in [1.54, 1.807) is 0 Å². The van der Waals surface area contributed by atoms with Crippen molar-refractivity contribution >= 4 is 101 Å². The van der Waals surface area contributed by atoms with Crippen molar-refractivity contribution in [3.63, 3.8) is 0 Å². The Kier molecular flexibility index (Phi) is 15.8. The van der Waals surface area contributed by atoms with E-state index in [9.17, 15) is 0 Å². The molecule has 4 heterocycles. The summed E-state index contributed by atoms with van der Waals surface area (Å²) in [4.78, 5) is 5.29. The molecule has 2 aliphatic heterocycles. The summed E-state index contributed by atoms with van der Waals surface area (Å²) >= 11 is 0. The van der Waals surface area contributed by atoms with Crippen molar-refractivity contribution in [1.82, 2.24) is 9.13 Å². The lowest BCUT2D eigenvalue weighted by atomic mass is 9.33. The molecule has 5 heteroatoms. The van der Waals surface area contributed by atoms with Gasteiger partial charge < -0.3 is 18.9 Å². The predicted octanol–water partition coefficient (Wildman–Crippen LogP) is 27.2. The number of hydrogen-bond acceptors (Lipinski definition) is 2. The third-order valence-electron chi connectivity index (χ3n) is 26.5. The van der Waals surface area contributed by atoms with Crippen LogP contribution >= 0.6 is 0 Å². The molecule has 2 aromatic heterocycles. The van der Waals surface area contributed by atoms with E-state index in [1.807, 2.05) is 0 Å². The Hall–Kier alpha value is -10.9. The van der Waals surface area contributed by atoms with Crippen LogP contribution in [-0.2, 0) is 37.9 Å². The third-order valence-corrected chi connectivity index (χ3v) is 26.5. The topological polar surface area (TPSA) is 16.3 Å². The van der Waals surface area contributed by atoms with Crippen molar-refractivity contribution < 1.29 is 0 Å². The molecule has 13 aromatic carbocycles. The average Bonchev–Trinajstić information content (AvgIpc) is 1.18. The summed E-state index contributed by atoms with van der Waals surface area (Å²) in [6.07, 6.45) is 4.70. The van der Waals surface area contributed by atoms with Gasteiger partial charge in [-0.25, -0.2) is 0 Å². The third kappa shape index (κ3) is 11.5. The van der Waals surface area contributed by atoms with Crippen LogP contribution in [0.3, 0.4) is 0 Å². The molecule has 0 radical (unpaired) electrons. The standard InChI is InChI=1S/C106H103BN4/c1-100(2,3)74-37-27-67(28-38-74)73-35-48-89-95(60-73)108(77-41-29-68(30-42-77)71-33-46-85-87(58-71)105(14,15)55-53-103(85,10)11)97-64-80(111-91-26-22-21-25-81(91)82-57-70(36-50-92(82)111)66-23-19-18-20-24-66)65-98-99(97)107(89)90-49-45-79(110-93-51-39-75(101(4,5)6)61-83(93)84-62-76(102(7,8)9)40-52-94(84)110)63-96(90)109(98)78-43-31-69(32-44-78)72-34-47-86-88(59-72)106(16,17)56-54-104(86,12)13/h18-52,57-65H,53-56H2,1-17H3. The van der Waals surface area contributed by atoms with Gasteiger partial charge in [0.2, 0.25) is 0 Å². The second-order valence-corrected chi connectivity index (χ2v) is 38.7. The molecule has 15 aromatic rings. The number of para-hydroxylation sites is 1. The van der Waals surface area contributed by atoms with E-state index < -0.39 is 0 Å². The first-order chi connectivity index (χ1) is 52.9. The Morgan fingerprint density at radius 3 is 1.10 bits per heavy atom. The molecule has 0 fully saturated rings. The van der Waals surface area contributed by atoms with E-state index in [1.165, 1.54) is 157 Å². The lowest BCUT2D eigenvalue weighted by Crippen LogP contribution is -2.61. The van der Waals surface area contributed by atoms with Crippen molar-refractivity contribution in [2.75, 3.05) is 9.80 Å². The van der Waals surface area contributed by atoms with Gasteiger partial charge in [-0.3, -0.25) is 0 Å². The Balaban J connectivity index is 0.898. The van der Waals surface area contributed by atoms with Gasteiger partial charge in [0.15, 0.2) is 0 Å². The zero-order valence-corrected chi connectivity index (χ0v) is 68.1. The van der Waals surface area contributed by atoms with Crippen molar-refractivity contribution in [2.24, 2.45) is 0 Å². The van der Waals surface area contributed by atoms with Crippen LogP contribution in [-0.4, -0.2) is 15.8 Å². The van der Waals surface area contributed by atoms with Gasteiger partial charge in [-0.2, -0.15) is 0 Å². The van der Waals surface area contributed by atoms with Crippen LogP contribution in [0.15, 0.2) is 267 Å². The molecule has 550 valence electrons. The Labute approximate surface area is 658 Å². The molecule has 0 amide bonds. The number of rotatable bonds is 8. The molecule has 2 aliphatic carbocycles. The van der Waals surface area contributed by atoms with Gasteiger partial charge in [0.05, 0.1) is 27.8 Å². The van der Waals surface area contributed by atoms with Gasteiger partial charge in [0.1, 0.15) is 0 Å². The average molecular weight is 1440 g/mol. The number of anilines is 6. The van der Waals surface area contributed by atoms with E-state index in [0.29, 0.717) is 0 Å². The molecule has 0 N–H and O–H groups in total. The maximum Gasteiger partial charge on any atom is 0.252 e. The molecular formula is C106H103BN4. The number of aromatic nitrogens is 2. The maximum atomic E-state index is 2.65.